The average molecular weight is 339 g/mol. The van der Waals surface area contributed by atoms with Gasteiger partial charge in [-0.25, -0.2) is 0 Å². The molecule has 0 aromatic rings. The van der Waals surface area contributed by atoms with Crippen LogP contribution in [0.3, 0.4) is 0 Å². The van der Waals surface area contributed by atoms with Crippen LogP contribution in [0.2, 0.25) is 8.87 Å². The summed E-state index contributed by atoms with van der Waals surface area (Å²) >= 11 is 0.149. The summed E-state index contributed by atoms with van der Waals surface area (Å²) in [5, 5.41) is 0. The molecular formula is C8H18Cl3Sn-. The van der Waals surface area contributed by atoms with E-state index in [1.165, 1.54) is 25.7 Å². The summed E-state index contributed by atoms with van der Waals surface area (Å²) in [4.78, 5) is 0. The van der Waals surface area contributed by atoms with Gasteiger partial charge in [0, 0.05) is 0 Å². The molecular weight excluding hydrogens is 321 g/mol. The molecule has 0 heterocycles. The van der Waals surface area contributed by atoms with Crippen LogP contribution in [-0.4, -0.2) is 21.1 Å². The van der Waals surface area contributed by atoms with Crippen LogP contribution in [0.25, 0.3) is 0 Å². The van der Waals surface area contributed by atoms with E-state index < -0.39 is 0 Å². The quantitative estimate of drug-likeness (QED) is 0.334. The number of halogens is 3. The third-order valence-corrected chi connectivity index (χ3v) is 5.45. The first-order valence-corrected chi connectivity index (χ1v) is 8.16. The largest absolute Gasteiger partial charge is 1.00 e. The van der Waals surface area contributed by atoms with E-state index in [0.717, 1.165) is 0 Å². The van der Waals surface area contributed by atoms with Crippen molar-refractivity contribution in [2.75, 3.05) is 0 Å². The zero-order valence-electron chi connectivity index (χ0n) is 7.88. The maximum atomic E-state index is 2.29. The van der Waals surface area contributed by atoms with Crippen LogP contribution in [0, 0.1) is 0 Å². The van der Waals surface area contributed by atoms with E-state index in [9.17, 15) is 0 Å². The van der Waals surface area contributed by atoms with Gasteiger partial charge in [0.25, 0.3) is 0 Å². The smallest absolute Gasteiger partial charge is 1.00 e. The summed E-state index contributed by atoms with van der Waals surface area (Å²) in [6, 6.07) is 0. The van der Waals surface area contributed by atoms with Gasteiger partial charge in [0.2, 0.25) is 0 Å². The van der Waals surface area contributed by atoms with Crippen LogP contribution in [0.5, 0.6) is 0 Å². The summed E-state index contributed by atoms with van der Waals surface area (Å²) in [5.41, 5.74) is 0. The van der Waals surface area contributed by atoms with Gasteiger partial charge in [-0.2, -0.15) is 0 Å². The van der Waals surface area contributed by atoms with Gasteiger partial charge < -0.3 is 37.2 Å². The maximum Gasteiger partial charge on any atom is -1.00 e. The molecule has 0 amide bonds. The van der Waals surface area contributed by atoms with E-state index in [-0.39, 0.29) is 58.4 Å². The fraction of sp³-hybridized carbons (Fsp3) is 1.00. The molecule has 0 aromatic carbocycles. The molecule has 76 valence electrons. The fourth-order valence-corrected chi connectivity index (χ4v) is 4.89. The normalized spacial score (nSPS) is 6.83. The van der Waals surface area contributed by atoms with Crippen molar-refractivity contribution in [3.05, 3.63) is 0 Å². The van der Waals surface area contributed by atoms with Gasteiger partial charge in [0.15, 0.2) is 0 Å². The maximum absolute atomic E-state index is 2.29. The van der Waals surface area contributed by atoms with Crippen molar-refractivity contribution >= 4 is 21.1 Å². The van der Waals surface area contributed by atoms with Crippen molar-refractivity contribution in [1.82, 2.24) is 0 Å². The Hall–Kier alpha value is 1.67. The van der Waals surface area contributed by atoms with Gasteiger partial charge in [0.05, 0.1) is 0 Å². The van der Waals surface area contributed by atoms with Crippen molar-refractivity contribution in [2.24, 2.45) is 0 Å². The van der Waals surface area contributed by atoms with Gasteiger partial charge in [-0.1, -0.05) is 0 Å². The summed E-state index contributed by atoms with van der Waals surface area (Å²) in [7, 11) is 0. The molecule has 0 aliphatic carbocycles. The number of hydrogen-bond acceptors (Lipinski definition) is 0. The molecule has 0 aliphatic heterocycles. The first-order valence-electron chi connectivity index (χ1n) is 4.12. The molecule has 0 radical (unpaired) electrons. The average Bonchev–Trinajstić information content (AvgIpc) is 1.89. The minimum atomic E-state index is 0. The van der Waals surface area contributed by atoms with Crippen molar-refractivity contribution in [1.29, 1.82) is 0 Å². The molecule has 0 saturated carbocycles. The molecule has 0 unspecified atom stereocenters. The molecule has 0 aromatic heterocycles. The SMILES string of the molecule is CCC[CH2][Sn+2][CH2]CCC.[Cl-].[Cl-].[Cl-]. The Morgan fingerprint density at radius 1 is 0.750 bits per heavy atom. The van der Waals surface area contributed by atoms with E-state index in [1.54, 1.807) is 8.87 Å². The molecule has 4 heteroatoms. The Bertz CT molecular complexity index is 47.6. The topological polar surface area (TPSA) is 0 Å². The van der Waals surface area contributed by atoms with E-state index >= 15 is 0 Å². The molecule has 0 bridgehead atoms. The van der Waals surface area contributed by atoms with Crippen molar-refractivity contribution < 1.29 is 37.2 Å². The Balaban J connectivity index is -0.000000107. The Morgan fingerprint density at radius 3 is 1.33 bits per heavy atom. The van der Waals surface area contributed by atoms with Crippen LogP contribution >= 0.6 is 0 Å². The van der Waals surface area contributed by atoms with Crippen LogP contribution in [0.4, 0.5) is 0 Å². The van der Waals surface area contributed by atoms with E-state index in [1.807, 2.05) is 0 Å². The molecule has 0 aliphatic rings. The number of hydrogen-bond donors (Lipinski definition) is 0. The van der Waals surface area contributed by atoms with Gasteiger partial charge in [-0.3, -0.25) is 0 Å². The predicted molar refractivity (Wildman–Crippen MR) is 45.2 cm³/mol. The van der Waals surface area contributed by atoms with E-state index in [4.69, 9.17) is 0 Å². The molecule has 0 N–H and O–H groups in total. The first kappa shape index (κ1) is 23.5. The molecule has 0 spiro atoms. The van der Waals surface area contributed by atoms with Gasteiger partial charge in [-0.15, -0.1) is 0 Å². The Morgan fingerprint density at radius 2 is 1.08 bits per heavy atom. The molecule has 12 heavy (non-hydrogen) atoms. The summed E-state index contributed by atoms with van der Waals surface area (Å²) < 4.78 is 3.25. The van der Waals surface area contributed by atoms with Crippen LogP contribution < -0.4 is 37.2 Å². The molecule has 0 saturated heterocycles. The van der Waals surface area contributed by atoms with E-state index in [2.05, 4.69) is 13.8 Å². The standard InChI is InChI=1S/2C4H9.3ClH.Sn/c2*1-3-4-2;;;;/h2*1,3-4H2,2H3;3*1H;/q;;;;;+2/p-3. The fourth-order valence-electron chi connectivity index (χ4n) is 0.729. The number of unbranched alkanes of at least 4 members (excludes halogenated alkanes) is 2. The summed E-state index contributed by atoms with van der Waals surface area (Å²) in [5.74, 6) is 0. The minimum absolute atomic E-state index is 0. The Labute approximate surface area is 106 Å². The Kier molecular flexibility index (Phi) is 44.9. The summed E-state index contributed by atoms with van der Waals surface area (Å²) in [6.45, 7) is 4.58. The monoisotopic (exact) mass is 339 g/mol. The van der Waals surface area contributed by atoms with Crippen LogP contribution in [0.1, 0.15) is 39.5 Å². The van der Waals surface area contributed by atoms with Crippen LogP contribution in [0.15, 0.2) is 0 Å². The zero-order valence-corrected chi connectivity index (χ0v) is 13.0. The minimum Gasteiger partial charge on any atom is -1.00 e. The third-order valence-electron chi connectivity index (χ3n) is 1.41. The summed E-state index contributed by atoms with van der Waals surface area (Å²) in [6.07, 6.45) is 5.84. The zero-order chi connectivity index (χ0) is 6.95. The second-order valence-electron chi connectivity index (χ2n) is 2.46. The number of rotatable bonds is 6. The molecule has 0 atom stereocenters. The van der Waals surface area contributed by atoms with E-state index in [0.29, 0.717) is 0 Å². The van der Waals surface area contributed by atoms with Gasteiger partial charge in [-0.05, 0) is 0 Å². The third kappa shape index (κ3) is 22.6. The molecule has 0 fully saturated rings. The van der Waals surface area contributed by atoms with Crippen molar-refractivity contribution in [3.8, 4) is 0 Å². The second-order valence-corrected chi connectivity index (χ2v) is 6.74. The van der Waals surface area contributed by atoms with Crippen molar-refractivity contribution in [3.63, 3.8) is 0 Å². The predicted octanol–water partition coefficient (Wildman–Crippen LogP) is -5.86. The first-order chi connectivity index (χ1) is 4.41. The van der Waals surface area contributed by atoms with Gasteiger partial charge >= 0.3 is 69.5 Å². The van der Waals surface area contributed by atoms with Crippen LogP contribution in [-0.2, 0) is 0 Å². The second kappa shape index (κ2) is 23.0. The molecule has 0 rings (SSSR count). The van der Waals surface area contributed by atoms with Crippen molar-refractivity contribution in [2.45, 2.75) is 48.4 Å². The molecule has 0 nitrogen and oxygen atoms in total. The van der Waals surface area contributed by atoms with Gasteiger partial charge in [0.1, 0.15) is 0 Å².